The summed E-state index contributed by atoms with van der Waals surface area (Å²) >= 11 is 0. The van der Waals surface area contributed by atoms with Gasteiger partial charge in [0.15, 0.2) is 5.96 Å². The maximum atomic E-state index is 12.2. The van der Waals surface area contributed by atoms with Gasteiger partial charge in [0, 0.05) is 32.7 Å². The van der Waals surface area contributed by atoms with E-state index in [1.54, 1.807) is 19.2 Å². The average Bonchev–Trinajstić information content (AvgIpc) is 2.63. The van der Waals surface area contributed by atoms with Crippen molar-refractivity contribution < 1.29 is 27.8 Å². The number of hydrogen-bond donors (Lipinski definition) is 3. The molecule has 0 aromatic heterocycles. The third-order valence-electron chi connectivity index (χ3n) is 4.01. The standard InChI is InChI=1S/C19H30F3N3O3.HI/c1-5-23-17(25-13-18(2,3)27-4)24-11-15(12-26)10-14-6-8-16(9-7-14)28-19(20,21)22;/h6-9,15,26H,5,10-13H2,1-4H3,(H2,23,24,25);1H. The predicted octanol–water partition coefficient (Wildman–Crippen LogP) is 3.33. The Morgan fingerprint density at radius 1 is 1.17 bits per heavy atom. The molecular formula is C19H31F3IN3O3. The summed E-state index contributed by atoms with van der Waals surface area (Å²) in [5.74, 6) is 0.214. The molecule has 10 heteroatoms. The van der Waals surface area contributed by atoms with Gasteiger partial charge in [0.2, 0.25) is 0 Å². The van der Waals surface area contributed by atoms with Gasteiger partial charge in [-0.05, 0) is 44.9 Å². The van der Waals surface area contributed by atoms with Crippen LogP contribution in [0, 0.1) is 5.92 Å². The van der Waals surface area contributed by atoms with Gasteiger partial charge >= 0.3 is 6.36 Å². The fourth-order valence-corrected chi connectivity index (χ4v) is 2.28. The summed E-state index contributed by atoms with van der Waals surface area (Å²) in [6, 6.07) is 5.65. The van der Waals surface area contributed by atoms with Crippen LogP contribution >= 0.6 is 24.0 Å². The number of methoxy groups -OCH3 is 1. The van der Waals surface area contributed by atoms with E-state index in [9.17, 15) is 18.3 Å². The van der Waals surface area contributed by atoms with E-state index in [1.165, 1.54) is 12.1 Å². The molecule has 0 aliphatic heterocycles. The third-order valence-corrected chi connectivity index (χ3v) is 4.01. The summed E-state index contributed by atoms with van der Waals surface area (Å²) < 4.78 is 45.9. The quantitative estimate of drug-likeness (QED) is 0.245. The van der Waals surface area contributed by atoms with Crippen LogP contribution in [0.15, 0.2) is 29.3 Å². The molecule has 0 heterocycles. The molecular weight excluding hydrogens is 502 g/mol. The van der Waals surface area contributed by atoms with Gasteiger partial charge in [0.05, 0.1) is 12.1 Å². The van der Waals surface area contributed by atoms with Gasteiger partial charge in [-0.1, -0.05) is 12.1 Å². The first-order valence-electron chi connectivity index (χ1n) is 9.11. The number of aliphatic imine (C=N–C) groups is 1. The van der Waals surface area contributed by atoms with Gasteiger partial charge in [0.1, 0.15) is 5.75 Å². The van der Waals surface area contributed by atoms with Crippen molar-refractivity contribution in [1.29, 1.82) is 0 Å². The second-order valence-corrected chi connectivity index (χ2v) is 6.98. The highest BCUT2D eigenvalue weighted by Gasteiger charge is 2.31. The van der Waals surface area contributed by atoms with Crippen molar-refractivity contribution in [2.45, 2.75) is 39.2 Å². The van der Waals surface area contributed by atoms with Crippen molar-refractivity contribution >= 4 is 29.9 Å². The lowest BCUT2D eigenvalue weighted by molar-refractivity contribution is -0.274. The van der Waals surface area contributed by atoms with E-state index in [4.69, 9.17) is 4.74 Å². The topological polar surface area (TPSA) is 75.1 Å². The molecule has 0 radical (unpaired) electrons. The van der Waals surface area contributed by atoms with Crippen LogP contribution in [0.1, 0.15) is 26.3 Å². The minimum atomic E-state index is -4.71. The van der Waals surface area contributed by atoms with Crippen molar-refractivity contribution in [1.82, 2.24) is 10.6 Å². The maximum Gasteiger partial charge on any atom is 0.573 e. The van der Waals surface area contributed by atoms with Crippen LogP contribution in [0.4, 0.5) is 13.2 Å². The molecule has 0 spiro atoms. The van der Waals surface area contributed by atoms with Crippen molar-refractivity contribution in [2.24, 2.45) is 10.9 Å². The number of nitrogens with one attached hydrogen (secondary N) is 2. The van der Waals surface area contributed by atoms with Crippen LogP contribution in [-0.2, 0) is 11.2 Å². The molecule has 1 rings (SSSR count). The molecule has 0 saturated carbocycles. The molecule has 0 saturated heterocycles. The number of hydrogen-bond acceptors (Lipinski definition) is 4. The number of halogens is 4. The van der Waals surface area contributed by atoms with Crippen LogP contribution < -0.4 is 15.4 Å². The maximum absolute atomic E-state index is 12.2. The van der Waals surface area contributed by atoms with Crippen LogP contribution in [0.3, 0.4) is 0 Å². The van der Waals surface area contributed by atoms with Gasteiger partial charge in [-0.25, -0.2) is 0 Å². The van der Waals surface area contributed by atoms with E-state index in [0.29, 0.717) is 32.0 Å². The van der Waals surface area contributed by atoms with Crippen molar-refractivity contribution in [3.63, 3.8) is 0 Å². The Kier molecular flexibility index (Phi) is 12.5. The lowest BCUT2D eigenvalue weighted by Gasteiger charge is -2.22. The fourth-order valence-electron chi connectivity index (χ4n) is 2.28. The number of guanidine groups is 1. The summed E-state index contributed by atoms with van der Waals surface area (Å²) in [5.41, 5.74) is 0.414. The smallest absolute Gasteiger partial charge is 0.406 e. The first kappa shape index (κ1) is 27.7. The number of nitrogens with zero attached hydrogens (tertiary/aromatic N) is 1. The summed E-state index contributed by atoms with van der Waals surface area (Å²) in [6.07, 6.45) is -4.21. The van der Waals surface area contributed by atoms with Crippen LogP contribution in [0.5, 0.6) is 5.75 Å². The molecule has 1 atom stereocenters. The third kappa shape index (κ3) is 12.1. The monoisotopic (exact) mass is 533 g/mol. The van der Waals surface area contributed by atoms with E-state index >= 15 is 0 Å². The Morgan fingerprint density at radius 3 is 2.28 bits per heavy atom. The highest BCUT2D eigenvalue weighted by atomic mass is 127. The number of alkyl halides is 3. The zero-order valence-corrected chi connectivity index (χ0v) is 19.5. The molecule has 6 nitrogen and oxygen atoms in total. The molecule has 1 unspecified atom stereocenters. The highest BCUT2D eigenvalue weighted by Crippen LogP contribution is 2.23. The Hall–Kier alpha value is -1.27. The molecule has 0 amide bonds. The Bertz CT molecular complexity index is 611. The van der Waals surface area contributed by atoms with Gasteiger partial charge in [0.25, 0.3) is 0 Å². The Morgan fingerprint density at radius 2 is 1.79 bits per heavy atom. The number of aliphatic hydroxyl groups is 1. The van der Waals surface area contributed by atoms with Crippen molar-refractivity contribution in [2.75, 3.05) is 33.4 Å². The van der Waals surface area contributed by atoms with Crippen LogP contribution in [-0.4, -0.2) is 56.4 Å². The average molecular weight is 533 g/mol. The number of rotatable bonds is 10. The molecule has 29 heavy (non-hydrogen) atoms. The SMILES string of the molecule is CCNC(=NCC(C)(C)OC)NCC(CO)Cc1ccc(OC(F)(F)F)cc1.I. The largest absolute Gasteiger partial charge is 0.573 e. The highest BCUT2D eigenvalue weighted by molar-refractivity contribution is 14.0. The Labute approximate surface area is 187 Å². The molecule has 0 aliphatic rings. The molecule has 0 aliphatic carbocycles. The summed E-state index contributed by atoms with van der Waals surface area (Å²) in [5, 5.41) is 16.0. The molecule has 0 bridgehead atoms. The minimum Gasteiger partial charge on any atom is -0.406 e. The lowest BCUT2D eigenvalue weighted by Crippen LogP contribution is -2.42. The normalized spacial score (nSPS) is 13.4. The number of ether oxygens (including phenoxy) is 2. The summed E-state index contributed by atoms with van der Waals surface area (Å²) in [7, 11) is 1.63. The van der Waals surface area contributed by atoms with E-state index in [2.05, 4.69) is 20.4 Å². The fraction of sp³-hybridized carbons (Fsp3) is 0.632. The number of benzene rings is 1. The van der Waals surface area contributed by atoms with Gasteiger partial charge < -0.3 is 25.2 Å². The zero-order chi connectivity index (χ0) is 21.2. The predicted molar refractivity (Wildman–Crippen MR) is 118 cm³/mol. The molecule has 1 aromatic carbocycles. The summed E-state index contributed by atoms with van der Waals surface area (Å²) in [4.78, 5) is 4.48. The van der Waals surface area contributed by atoms with Crippen molar-refractivity contribution in [3.8, 4) is 5.75 Å². The van der Waals surface area contributed by atoms with Gasteiger partial charge in [-0.3, -0.25) is 4.99 Å². The van der Waals surface area contributed by atoms with E-state index < -0.39 is 6.36 Å². The van der Waals surface area contributed by atoms with Crippen molar-refractivity contribution in [3.05, 3.63) is 29.8 Å². The first-order valence-corrected chi connectivity index (χ1v) is 9.11. The first-order chi connectivity index (χ1) is 13.1. The second-order valence-electron chi connectivity index (χ2n) is 6.98. The van der Waals surface area contributed by atoms with Gasteiger partial charge in [-0.15, -0.1) is 37.1 Å². The second kappa shape index (κ2) is 13.1. The molecule has 3 N–H and O–H groups in total. The number of aliphatic hydroxyl groups excluding tert-OH is 1. The van der Waals surface area contributed by atoms with E-state index in [0.717, 1.165) is 5.56 Å². The van der Waals surface area contributed by atoms with E-state index in [1.807, 2.05) is 20.8 Å². The molecule has 168 valence electrons. The lowest BCUT2D eigenvalue weighted by atomic mass is 10.00. The Balaban J connectivity index is 0.00000784. The zero-order valence-electron chi connectivity index (χ0n) is 17.2. The van der Waals surface area contributed by atoms with Crippen LogP contribution in [0.25, 0.3) is 0 Å². The molecule has 1 aromatic rings. The van der Waals surface area contributed by atoms with E-state index in [-0.39, 0.29) is 47.9 Å². The van der Waals surface area contributed by atoms with Gasteiger partial charge in [-0.2, -0.15) is 0 Å². The van der Waals surface area contributed by atoms with Crippen LogP contribution in [0.2, 0.25) is 0 Å². The minimum absolute atomic E-state index is 0. The summed E-state index contributed by atoms with van der Waals surface area (Å²) in [6.45, 7) is 7.35. The molecule has 0 fully saturated rings.